The Balaban J connectivity index is 2.23. The van der Waals surface area contributed by atoms with E-state index >= 15 is 0 Å². The molecule has 0 fully saturated rings. The Labute approximate surface area is 124 Å². The smallest absolute Gasteiger partial charge is 0.185 e. The molecule has 0 N–H and O–H groups in total. The van der Waals surface area contributed by atoms with Crippen LogP contribution in [0.4, 0.5) is 0 Å². The van der Waals surface area contributed by atoms with Crippen molar-refractivity contribution in [2.75, 3.05) is 14.2 Å². The van der Waals surface area contributed by atoms with Crippen LogP contribution in [0.5, 0.6) is 11.5 Å². The third kappa shape index (κ3) is 3.51. The van der Waals surface area contributed by atoms with Gasteiger partial charge in [0.2, 0.25) is 0 Å². The number of hydrogen-bond acceptors (Lipinski definition) is 3. The van der Waals surface area contributed by atoms with Gasteiger partial charge in [0.15, 0.2) is 17.3 Å². The summed E-state index contributed by atoms with van der Waals surface area (Å²) in [6, 6.07) is 13.1. The number of rotatable bonds is 5. The first kappa shape index (κ1) is 14.9. The SMILES string of the molecule is COc1ccc(C(=O)C=Cc2ccccc2C)cc1OC. The molecular weight excluding hydrogens is 264 g/mol. The Morgan fingerprint density at radius 3 is 2.38 bits per heavy atom. The molecular formula is C18H18O3. The van der Waals surface area contributed by atoms with E-state index < -0.39 is 0 Å². The molecule has 0 aliphatic carbocycles. The molecule has 0 radical (unpaired) electrons. The molecule has 3 heteroatoms. The van der Waals surface area contributed by atoms with Gasteiger partial charge in [0.05, 0.1) is 14.2 Å². The number of benzene rings is 2. The van der Waals surface area contributed by atoms with Crippen molar-refractivity contribution in [1.82, 2.24) is 0 Å². The lowest BCUT2D eigenvalue weighted by Gasteiger charge is -2.08. The van der Waals surface area contributed by atoms with Gasteiger partial charge in [0, 0.05) is 5.56 Å². The molecule has 2 rings (SSSR count). The summed E-state index contributed by atoms with van der Waals surface area (Å²) < 4.78 is 10.4. The minimum atomic E-state index is -0.0702. The Bertz CT molecular complexity index is 672. The third-order valence-electron chi connectivity index (χ3n) is 3.27. The van der Waals surface area contributed by atoms with Crippen LogP contribution >= 0.6 is 0 Å². The fourth-order valence-corrected chi connectivity index (χ4v) is 2.02. The van der Waals surface area contributed by atoms with E-state index in [-0.39, 0.29) is 5.78 Å². The molecule has 0 amide bonds. The first-order chi connectivity index (χ1) is 10.2. The molecule has 3 nitrogen and oxygen atoms in total. The second-order valence-corrected chi connectivity index (χ2v) is 4.62. The average Bonchev–Trinajstić information content (AvgIpc) is 2.53. The van der Waals surface area contributed by atoms with Crippen molar-refractivity contribution in [2.24, 2.45) is 0 Å². The van der Waals surface area contributed by atoms with Crippen molar-refractivity contribution in [1.29, 1.82) is 0 Å². The van der Waals surface area contributed by atoms with Gasteiger partial charge in [0.25, 0.3) is 0 Å². The zero-order valence-corrected chi connectivity index (χ0v) is 12.4. The Hall–Kier alpha value is -2.55. The van der Waals surface area contributed by atoms with E-state index in [2.05, 4.69) is 0 Å². The molecule has 0 spiro atoms. The lowest BCUT2D eigenvalue weighted by atomic mass is 10.1. The van der Waals surface area contributed by atoms with Crippen LogP contribution in [0.15, 0.2) is 48.5 Å². The Morgan fingerprint density at radius 2 is 1.71 bits per heavy atom. The molecule has 2 aromatic rings. The van der Waals surface area contributed by atoms with Crippen molar-refractivity contribution >= 4 is 11.9 Å². The van der Waals surface area contributed by atoms with Crippen LogP contribution in [-0.2, 0) is 0 Å². The maximum absolute atomic E-state index is 12.2. The summed E-state index contributed by atoms with van der Waals surface area (Å²) >= 11 is 0. The highest BCUT2D eigenvalue weighted by Gasteiger charge is 2.08. The fraction of sp³-hybridized carbons (Fsp3) is 0.167. The monoisotopic (exact) mass is 282 g/mol. The minimum Gasteiger partial charge on any atom is -0.493 e. The van der Waals surface area contributed by atoms with Crippen molar-refractivity contribution < 1.29 is 14.3 Å². The Kier molecular flexibility index (Phi) is 4.77. The summed E-state index contributed by atoms with van der Waals surface area (Å²) in [4.78, 5) is 12.2. The predicted octanol–water partition coefficient (Wildman–Crippen LogP) is 3.91. The van der Waals surface area contributed by atoms with E-state index in [0.717, 1.165) is 11.1 Å². The van der Waals surface area contributed by atoms with Gasteiger partial charge in [-0.3, -0.25) is 4.79 Å². The van der Waals surface area contributed by atoms with Gasteiger partial charge in [-0.05, 0) is 42.3 Å². The standard InChI is InChI=1S/C18H18O3/c1-13-6-4-5-7-14(13)8-10-16(19)15-9-11-17(20-2)18(12-15)21-3/h4-12H,1-3H3. The lowest BCUT2D eigenvalue weighted by molar-refractivity contribution is 0.104. The van der Waals surface area contributed by atoms with E-state index in [1.165, 1.54) is 0 Å². The number of ketones is 1. The van der Waals surface area contributed by atoms with E-state index in [0.29, 0.717) is 17.1 Å². The molecule has 2 aromatic carbocycles. The summed E-state index contributed by atoms with van der Waals surface area (Å²) in [5, 5.41) is 0. The zero-order chi connectivity index (χ0) is 15.2. The molecule has 0 saturated carbocycles. The van der Waals surface area contributed by atoms with Crippen LogP contribution in [0.3, 0.4) is 0 Å². The molecule has 0 bridgehead atoms. The first-order valence-electron chi connectivity index (χ1n) is 6.65. The van der Waals surface area contributed by atoms with Gasteiger partial charge in [0.1, 0.15) is 0 Å². The highest BCUT2D eigenvalue weighted by atomic mass is 16.5. The summed E-state index contributed by atoms with van der Waals surface area (Å²) in [6.45, 7) is 2.01. The van der Waals surface area contributed by atoms with E-state index in [9.17, 15) is 4.79 Å². The maximum atomic E-state index is 12.2. The van der Waals surface area contributed by atoms with Gasteiger partial charge in [-0.2, -0.15) is 0 Å². The number of carbonyl (C=O) groups is 1. The van der Waals surface area contributed by atoms with Gasteiger partial charge in [-0.1, -0.05) is 30.3 Å². The second kappa shape index (κ2) is 6.75. The summed E-state index contributed by atoms with van der Waals surface area (Å²) in [7, 11) is 3.12. The van der Waals surface area contributed by atoms with Crippen molar-refractivity contribution in [3.05, 3.63) is 65.2 Å². The van der Waals surface area contributed by atoms with Crippen LogP contribution in [0, 0.1) is 6.92 Å². The van der Waals surface area contributed by atoms with Crippen molar-refractivity contribution in [2.45, 2.75) is 6.92 Å². The van der Waals surface area contributed by atoms with Gasteiger partial charge in [-0.25, -0.2) is 0 Å². The van der Waals surface area contributed by atoms with Crippen LogP contribution in [-0.4, -0.2) is 20.0 Å². The minimum absolute atomic E-state index is 0.0702. The molecule has 0 heterocycles. The van der Waals surface area contributed by atoms with Crippen LogP contribution in [0.2, 0.25) is 0 Å². The number of carbonyl (C=O) groups excluding carboxylic acids is 1. The molecule has 0 unspecified atom stereocenters. The van der Waals surface area contributed by atoms with Gasteiger partial charge < -0.3 is 9.47 Å². The predicted molar refractivity (Wildman–Crippen MR) is 84.1 cm³/mol. The van der Waals surface area contributed by atoms with Crippen LogP contribution in [0.1, 0.15) is 21.5 Å². The molecule has 21 heavy (non-hydrogen) atoms. The number of hydrogen-bond donors (Lipinski definition) is 0. The van der Waals surface area contributed by atoms with Crippen molar-refractivity contribution in [3.8, 4) is 11.5 Å². The summed E-state index contributed by atoms with van der Waals surface area (Å²) in [5.74, 6) is 1.09. The summed E-state index contributed by atoms with van der Waals surface area (Å²) in [6.07, 6.45) is 3.40. The molecule has 0 aliphatic heterocycles. The number of ether oxygens (including phenoxy) is 2. The molecule has 0 aliphatic rings. The van der Waals surface area contributed by atoms with Crippen molar-refractivity contribution in [3.63, 3.8) is 0 Å². The molecule has 0 aromatic heterocycles. The normalized spacial score (nSPS) is 10.6. The second-order valence-electron chi connectivity index (χ2n) is 4.62. The fourth-order valence-electron chi connectivity index (χ4n) is 2.02. The Morgan fingerprint density at radius 1 is 1.00 bits per heavy atom. The highest BCUT2D eigenvalue weighted by Crippen LogP contribution is 2.27. The van der Waals surface area contributed by atoms with E-state index in [1.807, 2.05) is 37.3 Å². The third-order valence-corrected chi connectivity index (χ3v) is 3.27. The molecule has 108 valence electrons. The topological polar surface area (TPSA) is 35.5 Å². The lowest BCUT2D eigenvalue weighted by Crippen LogP contribution is -1.97. The molecule has 0 atom stereocenters. The zero-order valence-electron chi connectivity index (χ0n) is 12.4. The number of allylic oxidation sites excluding steroid dienone is 1. The van der Waals surface area contributed by atoms with Crippen LogP contribution < -0.4 is 9.47 Å². The summed E-state index contributed by atoms with van der Waals surface area (Å²) in [5.41, 5.74) is 2.73. The quantitative estimate of drug-likeness (QED) is 0.616. The highest BCUT2D eigenvalue weighted by molar-refractivity contribution is 6.07. The van der Waals surface area contributed by atoms with Crippen LogP contribution in [0.25, 0.3) is 6.08 Å². The van der Waals surface area contributed by atoms with E-state index in [4.69, 9.17) is 9.47 Å². The maximum Gasteiger partial charge on any atom is 0.185 e. The molecule has 0 saturated heterocycles. The van der Waals surface area contributed by atoms with Gasteiger partial charge >= 0.3 is 0 Å². The largest absolute Gasteiger partial charge is 0.493 e. The van der Waals surface area contributed by atoms with Gasteiger partial charge in [-0.15, -0.1) is 0 Å². The van der Waals surface area contributed by atoms with E-state index in [1.54, 1.807) is 38.5 Å². The average molecular weight is 282 g/mol. The first-order valence-corrected chi connectivity index (χ1v) is 6.65. The number of aryl methyl sites for hydroxylation is 1. The number of methoxy groups -OCH3 is 2.